The lowest BCUT2D eigenvalue weighted by atomic mass is 10.1. The normalized spacial score (nSPS) is 10.8. The average Bonchev–Trinajstić information content (AvgIpc) is 2.95. The Hall–Kier alpha value is -2.98. The quantitative estimate of drug-likeness (QED) is 0.701. The maximum absolute atomic E-state index is 13.1. The number of benzene rings is 1. The third-order valence-corrected chi connectivity index (χ3v) is 5.45. The van der Waals surface area contributed by atoms with E-state index in [1.165, 1.54) is 0 Å². The molecule has 132 valence electrons. The van der Waals surface area contributed by atoms with Crippen LogP contribution in [-0.4, -0.2) is 15.5 Å². The molecule has 2 aromatic heterocycles. The summed E-state index contributed by atoms with van der Waals surface area (Å²) in [6.07, 6.45) is 0.904. The minimum absolute atomic E-state index is 0.204. The topological polar surface area (TPSA) is 102 Å². The Labute approximate surface area is 154 Å². The molecular weight excluding hydrogens is 348 g/mol. The molecule has 0 spiro atoms. The molecule has 0 atom stereocenters. The second-order valence-electron chi connectivity index (χ2n) is 6.12. The van der Waals surface area contributed by atoms with E-state index in [1.54, 1.807) is 11.5 Å². The van der Waals surface area contributed by atoms with Crippen LogP contribution in [-0.2, 0) is 6.54 Å². The number of nitrogens with zero attached hydrogens (tertiary/aromatic N) is 3. The van der Waals surface area contributed by atoms with Crippen molar-refractivity contribution in [3.05, 3.63) is 50.6 Å². The van der Waals surface area contributed by atoms with Gasteiger partial charge in [0.05, 0.1) is 16.3 Å². The number of unbranched alkanes of at least 4 members (excludes halogenated alkanes) is 1. The molecule has 6 nitrogen and oxygen atoms in total. The zero-order valence-corrected chi connectivity index (χ0v) is 15.4. The summed E-state index contributed by atoms with van der Waals surface area (Å²) < 4.78 is 1.59. The van der Waals surface area contributed by atoms with Gasteiger partial charge in [-0.1, -0.05) is 29.8 Å². The van der Waals surface area contributed by atoms with Crippen molar-refractivity contribution in [3.8, 4) is 17.5 Å². The molecule has 0 radical (unpaired) electrons. The number of nitrogens with two attached hydrogens (primary N) is 1. The van der Waals surface area contributed by atoms with E-state index in [0.29, 0.717) is 45.9 Å². The lowest BCUT2D eigenvalue weighted by Crippen LogP contribution is -2.23. The monoisotopic (exact) mass is 366 g/mol. The lowest BCUT2D eigenvalue weighted by Gasteiger charge is -2.12. The second kappa shape index (κ2) is 7.10. The number of aryl methyl sites for hydroxylation is 2. The van der Waals surface area contributed by atoms with Crippen molar-refractivity contribution in [1.82, 2.24) is 9.55 Å². The van der Waals surface area contributed by atoms with Gasteiger partial charge in [0.15, 0.2) is 0 Å². The van der Waals surface area contributed by atoms with Gasteiger partial charge in [0, 0.05) is 18.5 Å². The molecule has 3 aromatic rings. The first kappa shape index (κ1) is 17.8. The fourth-order valence-corrected chi connectivity index (χ4v) is 3.92. The number of hydrogen-bond acceptors (Lipinski definition) is 5. The number of rotatable bonds is 5. The van der Waals surface area contributed by atoms with Crippen LogP contribution < -0.4 is 11.3 Å². The van der Waals surface area contributed by atoms with E-state index in [2.05, 4.69) is 11.1 Å². The van der Waals surface area contributed by atoms with E-state index >= 15 is 0 Å². The first-order valence-electron chi connectivity index (χ1n) is 8.21. The maximum atomic E-state index is 13.1. The summed E-state index contributed by atoms with van der Waals surface area (Å²) in [6.45, 7) is 4.09. The van der Waals surface area contributed by atoms with Crippen LogP contribution in [0.3, 0.4) is 0 Å². The molecule has 0 fully saturated rings. The van der Waals surface area contributed by atoms with Crippen LogP contribution in [0.1, 0.15) is 33.6 Å². The molecule has 2 heterocycles. The van der Waals surface area contributed by atoms with Gasteiger partial charge >= 0.3 is 0 Å². The van der Waals surface area contributed by atoms with Gasteiger partial charge in [0.1, 0.15) is 10.7 Å². The van der Waals surface area contributed by atoms with Crippen LogP contribution in [0.25, 0.3) is 21.6 Å². The van der Waals surface area contributed by atoms with Crippen LogP contribution in [0, 0.1) is 25.2 Å². The van der Waals surface area contributed by atoms with Gasteiger partial charge in [-0.2, -0.15) is 5.26 Å². The molecular formula is C19H18N4O2S. The third-order valence-electron chi connectivity index (χ3n) is 4.25. The van der Waals surface area contributed by atoms with E-state index < -0.39 is 5.91 Å². The average molecular weight is 366 g/mol. The molecule has 3 rings (SSSR count). The summed E-state index contributed by atoms with van der Waals surface area (Å²) in [7, 11) is 0. The Kier molecular flexibility index (Phi) is 4.87. The largest absolute Gasteiger partial charge is 0.365 e. The van der Waals surface area contributed by atoms with Crippen molar-refractivity contribution < 1.29 is 4.79 Å². The smallest absolute Gasteiger partial charge is 0.262 e. The minimum atomic E-state index is -0.558. The number of carbonyl (C=O) groups excluding carboxylic acids is 1. The van der Waals surface area contributed by atoms with Gasteiger partial charge < -0.3 is 5.73 Å². The van der Waals surface area contributed by atoms with Gasteiger partial charge in [-0.25, -0.2) is 4.98 Å². The Bertz CT molecular complexity index is 1090. The zero-order chi connectivity index (χ0) is 18.8. The van der Waals surface area contributed by atoms with Crippen LogP contribution in [0.15, 0.2) is 29.1 Å². The molecule has 0 aliphatic carbocycles. The van der Waals surface area contributed by atoms with Crippen molar-refractivity contribution in [2.45, 2.75) is 33.2 Å². The number of primary amides is 1. The molecule has 7 heteroatoms. The molecule has 1 amide bonds. The van der Waals surface area contributed by atoms with Crippen LogP contribution in [0.4, 0.5) is 0 Å². The fourth-order valence-electron chi connectivity index (χ4n) is 2.90. The summed E-state index contributed by atoms with van der Waals surface area (Å²) >= 11 is 1.14. The maximum Gasteiger partial charge on any atom is 0.262 e. The SMILES string of the molecule is Cc1ccc(-c2nc3sc(C(N)=O)c(C)c3c(=O)n2CCCC#N)cc1. The highest BCUT2D eigenvalue weighted by Gasteiger charge is 2.20. The van der Waals surface area contributed by atoms with Crippen molar-refractivity contribution in [3.63, 3.8) is 0 Å². The number of hydrogen-bond donors (Lipinski definition) is 1. The Balaban J connectivity index is 2.28. The van der Waals surface area contributed by atoms with Crippen LogP contribution >= 0.6 is 11.3 Å². The molecule has 0 aliphatic rings. The Morgan fingerprint density at radius 1 is 1.31 bits per heavy atom. The van der Waals surface area contributed by atoms with E-state index in [-0.39, 0.29) is 5.56 Å². The first-order valence-corrected chi connectivity index (χ1v) is 9.03. The van der Waals surface area contributed by atoms with E-state index in [1.807, 2.05) is 31.2 Å². The molecule has 0 aliphatic heterocycles. The van der Waals surface area contributed by atoms with Gasteiger partial charge in [0.25, 0.3) is 11.5 Å². The lowest BCUT2D eigenvalue weighted by molar-refractivity contribution is 0.100. The molecule has 0 saturated carbocycles. The molecule has 1 aromatic carbocycles. The highest BCUT2D eigenvalue weighted by Crippen LogP contribution is 2.29. The molecule has 26 heavy (non-hydrogen) atoms. The summed E-state index contributed by atoms with van der Waals surface area (Å²) in [6, 6.07) is 9.84. The highest BCUT2D eigenvalue weighted by molar-refractivity contribution is 7.20. The van der Waals surface area contributed by atoms with Gasteiger partial charge in [-0.05, 0) is 25.8 Å². The van der Waals surface area contributed by atoms with E-state index in [9.17, 15) is 9.59 Å². The first-order chi connectivity index (χ1) is 12.4. The number of nitriles is 1. The second-order valence-corrected chi connectivity index (χ2v) is 7.12. The number of thiophene rings is 1. The molecule has 0 bridgehead atoms. The third kappa shape index (κ3) is 3.11. The van der Waals surface area contributed by atoms with Crippen LogP contribution in [0.5, 0.6) is 0 Å². The molecule has 0 unspecified atom stereocenters. The number of carbonyl (C=O) groups is 1. The number of aromatic nitrogens is 2. The van der Waals surface area contributed by atoms with Gasteiger partial charge in [-0.15, -0.1) is 11.3 Å². The van der Waals surface area contributed by atoms with E-state index in [0.717, 1.165) is 22.5 Å². The van der Waals surface area contributed by atoms with Gasteiger partial charge in [0.2, 0.25) is 0 Å². The van der Waals surface area contributed by atoms with Crippen molar-refractivity contribution in [2.24, 2.45) is 5.73 Å². The minimum Gasteiger partial charge on any atom is -0.365 e. The standard InChI is InChI=1S/C19H18N4O2S/c1-11-5-7-13(8-6-11)17-22-18-14(12(2)15(26-18)16(21)24)19(25)23(17)10-4-3-9-20/h5-8H,3-4,10H2,1-2H3,(H2,21,24). The highest BCUT2D eigenvalue weighted by atomic mass is 32.1. The zero-order valence-electron chi connectivity index (χ0n) is 14.6. The molecule has 2 N–H and O–H groups in total. The van der Waals surface area contributed by atoms with Crippen molar-refractivity contribution in [1.29, 1.82) is 5.26 Å². The van der Waals surface area contributed by atoms with E-state index in [4.69, 9.17) is 11.0 Å². The predicted octanol–water partition coefficient (Wildman–Crippen LogP) is 3.14. The van der Waals surface area contributed by atoms with Crippen molar-refractivity contribution >= 4 is 27.5 Å². The Morgan fingerprint density at radius 2 is 2.00 bits per heavy atom. The van der Waals surface area contributed by atoms with Crippen molar-refractivity contribution in [2.75, 3.05) is 0 Å². The summed E-state index contributed by atoms with van der Waals surface area (Å²) in [5.41, 5.74) is 7.72. The predicted molar refractivity (Wildman–Crippen MR) is 102 cm³/mol. The van der Waals surface area contributed by atoms with Gasteiger partial charge in [-0.3, -0.25) is 14.2 Å². The summed E-state index contributed by atoms with van der Waals surface area (Å²) in [5.74, 6) is -0.0180. The summed E-state index contributed by atoms with van der Waals surface area (Å²) in [4.78, 5) is 30.3. The Morgan fingerprint density at radius 3 is 2.62 bits per heavy atom. The summed E-state index contributed by atoms with van der Waals surface area (Å²) in [5, 5.41) is 9.24. The number of fused-ring (bicyclic) bond motifs is 1. The number of amides is 1. The van der Waals surface area contributed by atoms with Crippen LogP contribution in [0.2, 0.25) is 0 Å². The molecule has 0 saturated heterocycles. The fraction of sp³-hybridized carbons (Fsp3) is 0.263.